The van der Waals surface area contributed by atoms with Gasteiger partial charge >= 0.3 is 0 Å². The standard InChI is InChI=1S/C17H27N3O2/c1-16(2)7-14-8-17(3,11-16)12-20(14)10-13(9-18)15(21)19-5-6-22-4/h10,14H,5-8,11-12H2,1-4H3,(H,19,21)/b13-10-. The number of carbonyl (C=O) groups is 1. The lowest BCUT2D eigenvalue weighted by atomic mass is 9.65. The second kappa shape index (κ2) is 6.29. The predicted octanol–water partition coefficient (Wildman–Crippen LogP) is 2.06. The van der Waals surface area contributed by atoms with Crippen LogP contribution >= 0.6 is 0 Å². The molecule has 122 valence electrons. The van der Waals surface area contributed by atoms with Crippen LogP contribution in [0.4, 0.5) is 0 Å². The van der Waals surface area contributed by atoms with Crippen LogP contribution in [-0.4, -0.2) is 43.7 Å². The number of rotatable bonds is 5. The fourth-order valence-electron chi connectivity index (χ4n) is 4.32. The second-order valence-corrected chi connectivity index (χ2v) is 7.79. The van der Waals surface area contributed by atoms with Gasteiger partial charge in [-0.3, -0.25) is 4.79 Å². The van der Waals surface area contributed by atoms with Crippen molar-refractivity contribution >= 4 is 5.91 Å². The van der Waals surface area contributed by atoms with Crippen molar-refractivity contribution in [1.29, 1.82) is 5.26 Å². The van der Waals surface area contributed by atoms with Crippen LogP contribution in [0, 0.1) is 22.2 Å². The molecule has 1 aliphatic heterocycles. The van der Waals surface area contributed by atoms with Gasteiger partial charge in [-0.05, 0) is 30.1 Å². The summed E-state index contributed by atoms with van der Waals surface area (Å²) in [5.74, 6) is -0.314. The summed E-state index contributed by atoms with van der Waals surface area (Å²) in [6.07, 6.45) is 5.22. The normalized spacial score (nSPS) is 30.0. The van der Waals surface area contributed by atoms with Gasteiger partial charge in [-0.1, -0.05) is 20.8 Å². The van der Waals surface area contributed by atoms with E-state index in [1.807, 2.05) is 6.07 Å². The number of hydrogen-bond donors (Lipinski definition) is 1. The van der Waals surface area contributed by atoms with Crippen LogP contribution < -0.4 is 5.32 Å². The molecule has 2 atom stereocenters. The molecule has 22 heavy (non-hydrogen) atoms. The third kappa shape index (κ3) is 3.80. The van der Waals surface area contributed by atoms with Crippen molar-refractivity contribution in [2.45, 2.75) is 46.1 Å². The number of amides is 1. The van der Waals surface area contributed by atoms with Crippen LogP contribution in [0.15, 0.2) is 11.8 Å². The van der Waals surface area contributed by atoms with Crippen molar-refractivity contribution < 1.29 is 9.53 Å². The first-order chi connectivity index (χ1) is 10.3. The average Bonchev–Trinajstić information content (AvgIpc) is 2.64. The number of fused-ring (bicyclic) bond motifs is 2. The highest BCUT2D eigenvalue weighted by atomic mass is 16.5. The van der Waals surface area contributed by atoms with E-state index in [9.17, 15) is 10.1 Å². The summed E-state index contributed by atoms with van der Waals surface area (Å²) < 4.78 is 4.90. The number of methoxy groups -OCH3 is 1. The van der Waals surface area contributed by atoms with Crippen molar-refractivity contribution in [1.82, 2.24) is 10.2 Å². The summed E-state index contributed by atoms with van der Waals surface area (Å²) >= 11 is 0. The lowest BCUT2D eigenvalue weighted by molar-refractivity contribution is -0.117. The molecule has 0 aromatic heterocycles. The quantitative estimate of drug-likeness (QED) is 0.480. The Labute approximate surface area is 133 Å². The van der Waals surface area contributed by atoms with E-state index in [1.165, 1.54) is 6.42 Å². The molecule has 0 radical (unpaired) electrons. The smallest absolute Gasteiger partial charge is 0.263 e. The summed E-state index contributed by atoms with van der Waals surface area (Å²) in [7, 11) is 1.58. The first-order valence-electron chi connectivity index (χ1n) is 7.93. The number of likely N-dealkylation sites (tertiary alicyclic amines) is 1. The van der Waals surface area contributed by atoms with Gasteiger partial charge < -0.3 is 15.0 Å². The van der Waals surface area contributed by atoms with E-state index < -0.39 is 0 Å². The topological polar surface area (TPSA) is 65.4 Å². The highest BCUT2D eigenvalue weighted by Crippen LogP contribution is 2.52. The molecule has 5 nitrogen and oxygen atoms in total. The molecule has 2 bridgehead atoms. The summed E-state index contributed by atoms with van der Waals surface area (Å²) in [5.41, 5.74) is 0.800. The number of nitrogens with one attached hydrogen (secondary N) is 1. The Morgan fingerprint density at radius 3 is 2.82 bits per heavy atom. The van der Waals surface area contributed by atoms with Gasteiger partial charge in [0.15, 0.2) is 0 Å². The lowest BCUT2D eigenvalue weighted by Crippen LogP contribution is -2.34. The predicted molar refractivity (Wildman–Crippen MR) is 84.8 cm³/mol. The highest BCUT2D eigenvalue weighted by molar-refractivity contribution is 5.97. The van der Waals surface area contributed by atoms with Crippen molar-refractivity contribution in [3.63, 3.8) is 0 Å². The number of carbonyl (C=O) groups excluding carboxylic acids is 1. The Hall–Kier alpha value is -1.54. The minimum Gasteiger partial charge on any atom is -0.383 e. The average molecular weight is 305 g/mol. The van der Waals surface area contributed by atoms with E-state index in [2.05, 4.69) is 31.0 Å². The largest absolute Gasteiger partial charge is 0.383 e. The number of nitrogens with zero attached hydrogens (tertiary/aromatic N) is 2. The molecule has 5 heteroatoms. The summed E-state index contributed by atoms with van der Waals surface area (Å²) in [6, 6.07) is 2.47. The summed E-state index contributed by atoms with van der Waals surface area (Å²) in [4.78, 5) is 14.3. The Balaban J connectivity index is 2.08. The maximum absolute atomic E-state index is 12.1. The molecule has 0 aromatic carbocycles. The molecule has 1 aliphatic carbocycles. The molecule has 2 fully saturated rings. The van der Waals surface area contributed by atoms with Gasteiger partial charge in [0.05, 0.1) is 6.61 Å². The molecule has 1 heterocycles. The molecule has 2 unspecified atom stereocenters. The zero-order valence-corrected chi connectivity index (χ0v) is 14.1. The van der Waals surface area contributed by atoms with Gasteiger partial charge in [-0.2, -0.15) is 5.26 Å². The van der Waals surface area contributed by atoms with Crippen molar-refractivity contribution in [2.24, 2.45) is 10.8 Å². The van der Waals surface area contributed by atoms with Gasteiger partial charge in [0, 0.05) is 32.4 Å². The molecule has 2 aliphatic rings. The molecular weight excluding hydrogens is 278 g/mol. The van der Waals surface area contributed by atoms with E-state index in [0.29, 0.717) is 24.6 Å². The zero-order valence-electron chi connectivity index (χ0n) is 14.1. The molecular formula is C17H27N3O2. The molecule has 2 rings (SSSR count). The van der Waals surface area contributed by atoms with Crippen LogP contribution in [0.1, 0.15) is 40.0 Å². The van der Waals surface area contributed by atoms with Crippen LogP contribution in [0.3, 0.4) is 0 Å². The third-order valence-corrected chi connectivity index (χ3v) is 4.71. The molecule has 0 spiro atoms. The van der Waals surface area contributed by atoms with Gasteiger partial charge in [-0.15, -0.1) is 0 Å². The molecule has 0 aromatic rings. The van der Waals surface area contributed by atoms with Crippen molar-refractivity contribution in [3.05, 3.63) is 11.8 Å². The first kappa shape index (κ1) is 16.8. The van der Waals surface area contributed by atoms with E-state index in [4.69, 9.17) is 4.74 Å². The fraction of sp³-hybridized carbons (Fsp3) is 0.765. The summed E-state index contributed by atoms with van der Waals surface area (Å²) in [6.45, 7) is 8.74. The molecule has 1 N–H and O–H groups in total. The second-order valence-electron chi connectivity index (χ2n) is 7.79. The number of hydrogen-bond acceptors (Lipinski definition) is 4. The maximum atomic E-state index is 12.1. The third-order valence-electron chi connectivity index (χ3n) is 4.71. The zero-order chi connectivity index (χ0) is 16.4. The minimum atomic E-state index is -0.314. The van der Waals surface area contributed by atoms with Crippen LogP contribution in [0.5, 0.6) is 0 Å². The summed E-state index contributed by atoms with van der Waals surface area (Å²) in [5, 5.41) is 12.0. The Morgan fingerprint density at radius 1 is 1.45 bits per heavy atom. The molecule has 1 amide bonds. The van der Waals surface area contributed by atoms with Crippen molar-refractivity contribution in [3.8, 4) is 6.07 Å². The van der Waals surface area contributed by atoms with Crippen molar-refractivity contribution in [2.75, 3.05) is 26.8 Å². The van der Waals surface area contributed by atoms with E-state index in [-0.39, 0.29) is 16.9 Å². The van der Waals surface area contributed by atoms with Gasteiger partial charge in [0.1, 0.15) is 11.6 Å². The number of nitriles is 1. The van der Waals surface area contributed by atoms with E-state index in [1.54, 1.807) is 13.3 Å². The minimum absolute atomic E-state index is 0.185. The van der Waals surface area contributed by atoms with Gasteiger partial charge in [-0.25, -0.2) is 0 Å². The highest BCUT2D eigenvalue weighted by Gasteiger charge is 2.48. The first-order valence-corrected chi connectivity index (χ1v) is 7.93. The maximum Gasteiger partial charge on any atom is 0.263 e. The van der Waals surface area contributed by atoms with Crippen LogP contribution in [0.2, 0.25) is 0 Å². The lowest BCUT2D eigenvalue weighted by Gasteiger charge is -2.39. The molecule has 1 saturated heterocycles. The van der Waals surface area contributed by atoms with Crippen LogP contribution in [0.25, 0.3) is 0 Å². The van der Waals surface area contributed by atoms with Crippen LogP contribution in [-0.2, 0) is 9.53 Å². The molecule has 1 saturated carbocycles. The van der Waals surface area contributed by atoms with E-state index >= 15 is 0 Å². The number of ether oxygens (including phenoxy) is 1. The SMILES string of the molecule is COCCNC(=O)/C(C#N)=C\N1CC2(C)CC1CC(C)(C)C2. The van der Waals surface area contributed by atoms with Gasteiger partial charge in [0.25, 0.3) is 5.91 Å². The Kier molecular flexibility index (Phi) is 4.81. The fourth-order valence-corrected chi connectivity index (χ4v) is 4.32. The monoisotopic (exact) mass is 305 g/mol. The van der Waals surface area contributed by atoms with Gasteiger partial charge in [0.2, 0.25) is 0 Å². The Bertz CT molecular complexity index is 507. The Morgan fingerprint density at radius 2 is 2.18 bits per heavy atom. The van der Waals surface area contributed by atoms with E-state index in [0.717, 1.165) is 19.4 Å².